The number of sulfone groups is 1. The Labute approximate surface area is 187 Å². The maximum atomic E-state index is 13.2. The first kappa shape index (κ1) is 22.5. The van der Waals surface area contributed by atoms with E-state index in [0.717, 1.165) is 29.8 Å². The molecule has 0 fully saturated rings. The van der Waals surface area contributed by atoms with Crippen LogP contribution in [0.4, 0.5) is 18.9 Å². The van der Waals surface area contributed by atoms with Gasteiger partial charge in [0.1, 0.15) is 0 Å². The van der Waals surface area contributed by atoms with E-state index in [1.807, 2.05) is 6.92 Å². The number of pyridine rings is 1. The lowest BCUT2D eigenvalue weighted by atomic mass is 10.1. The maximum absolute atomic E-state index is 13.2. The average molecular weight is 470 g/mol. The van der Waals surface area contributed by atoms with Crippen molar-refractivity contribution in [3.05, 3.63) is 95.7 Å². The van der Waals surface area contributed by atoms with Crippen LogP contribution in [0, 0.1) is 6.92 Å². The Bertz CT molecular complexity index is 1450. The molecule has 168 valence electrons. The van der Waals surface area contributed by atoms with Crippen LogP contribution in [0.3, 0.4) is 0 Å². The number of carbonyl (C=O) groups is 1. The van der Waals surface area contributed by atoms with Gasteiger partial charge in [-0.25, -0.2) is 8.42 Å². The quantitative estimate of drug-likeness (QED) is 0.418. The van der Waals surface area contributed by atoms with Crippen molar-refractivity contribution in [3.63, 3.8) is 0 Å². The first-order chi connectivity index (χ1) is 15.6. The fourth-order valence-corrected chi connectivity index (χ4v) is 4.78. The number of amides is 1. The molecule has 0 atom stereocenters. The molecule has 1 heterocycles. The normalized spacial score (nSPS) is 12.0. The third-order valence-electron chi connectivity index (χ3n) is 5.07. The fourth-order valence-electron chi connectivity index (χ4n) is 3.33. The number of hydrogen-bond acceptors (Lipinski definition) is 4. The van der Waals surface area contributed by atoms with Gasteiger partial charge < -0.3 is 5.32 Å². The number of nitrogens with zero attached hydrogens (tertiary/aromatic N) is 1. The Kier molecular flexibility index (Phi) is 5.67. The molecule has 9 heteroatoms. The Morgan fingerprint density at radius 3 is 2.21 bits per heavy atom. The standard InChI is InChI=1S/C24H17F3N2O3S/c1-15-4-10-18(11-5-15)33(31,32)21-13-12-20(22-19(21)3-2-14-28-22)29-23(30)16-6-8-17(9-7-16)24(25,26)27/h2-14H,1H3,(H,29,30). The van der Waals surface area contributed by atoms with Gasteiger partial charge in [-0.05, 0) is 67.6 Å². The molecule has 4 aromatic rings. The fraction of sp³-hybridized carbons (Fsp3) is 0.0833. The molecular weight excluding hydrogens is 453 g/mol. The van der Waals surface area contributed by atoms with Gasteiger partial charge in [0.2, 0.25) is 9.84 Å². The van der Waals surface area contributed by atoms with E-state index in [1.165, 1.54) is 30.5 Å². The van der Waals surface area contributed by atoms with E-state index in [9.17, 15) is 26.4 Å². The summed E-state index contributed by atoms with van der Waals surface area (Å²) in [6, 6.07) is 16.2. The molecule has 0 aliphatic carbocycles. The molecule has 1 aromatic heterocycles. The van der Waals surface area contributed by atoms with E-state index in [4.69, 9.17) is 0 Å². The van der Waals surface area contributed by atoms with Crippen LogP contribution in [0.15, 0.2) is 88.8 Å². The zero-order chi connectivity index (χ0) is 23.8. The highest BCUT2D eigenvalue weighted by atomic mass is 32.2. The number of alkyl halides is 3. The van der Waals surface area contributed by atoms with Crippen molar-refractivity contribution in [1.29, 1.82) is 0 Å². The number of hydrogen-bond donors (Lipinski definition) is 1. The van der Waals surface area contributed by atoms with E-state index in [2.05, 4.69) is 10.3 Å². The van der Waals surface area contributed by atoms with Crippen molar-refractivity contribution in [2.75, 3.05) is 5.32 Å². The van der Waals surface area contributed by atoms with Crippen molar-refractivity contribution < 1.29 is 26.4 Å². The Balaban J connectivity index is 1.71. The molecule has 5 nitrogen and oxygen atoms in total. The molecule has 0 aliphatic heterocycles. The molecule has 1 N–H and O–H groups in total. The van der Waals surface area contributed by atoms with E-state index < -0.39 is 27.5 Å². The van der Waals surface area contributed by atoms with E-state index in [0.29, 0.717) is 5.39 Å². The molecule has 33 heavy (non-hydrogen) atoms. The van der Waals surface area contributed by atoms with Gasteiger partial charge in [-0.15, -0.1) is 0 Å². The number of carbonyl (C=O) groups excluding carboxylic acids is 1. The van der Waals surface area contributed by atoms with E-state index in [-0.39, 0.29) is 26.6 Å². The lowest BCUT2D eigenvalue weighted by molar-refractivity contribution is -0.137. The summed E-state index contributed by atoms with van der Waals surface area (Å²) in [7, 11) is -3.86. The van der Waals surface area contributed by atoms with Gasteiger partial charge in [-0.1, -0.05) is 17.7 Å². The highest BCUT2D eigenvalue weighted by Gasteiger charge is 2.30. The van der Waals surface area contributed by atoms with Crippen LogP contribution in [0.25, 0.3) is 10.9 Å². The molecule has 0 radical (unpaired) electrons. The topological polar surface area (TPSA) is 76.1 Å². The van der Waals surface area contributed by atoms with Crippen LogP contribution in [0.1, 0.15) is 21.5 Å². The summed E-state index contributed by atoms with van der Waals surface area (Å²) in [6.45, 7) is 1.85. The molecular formula is C24H17F3N2O3S. The van der Waals surface area contributed by atoms with Crippen LogP contribution < -0.4 is 5.32 Å². The third kappa shape index (κ3) is 4.45. The molecule has 0 aliphatic rings. The molecule has 0 unspecified atom stereocenters. The zero-order valence-electron chi connectivity index (χ0n) is 17.2. The number of fused-ring (bicyclic) bond motifs is 1. The molecule has 4 rings (SSSR count). The SMILES string of the molecule is Cc1ccc(S(=O)(=O)c2ccc(NC(=O)c3ccc(C(F)(F)F)cc3)c3ncccc23)cc1. The summed E-state index contributed by atoms with van der Waals surface area (Å²) < 4.78 is 64.7. The Morgan fingerprint density at radius 1 is 0.909 bits per heavy atom. The van der Waals surface area contributed by atoms with Gasteiger partial charge in [-0.2, -0.15) is 13.2 Å². The van der Waals surface area contributed by atoms with Crippen molar-refractivity contribution in [3.8, 4) is 0 Å². The highest BCUT2D eigenvalue weighted by Crippen LogP contribution is 2.32. The number of rotatable bonds is 4. The first-order valence-electron chi connectivity index (χ1n) is 9.75. The van der Waals surface area contributed by atoms with Crippen LogP contribution in [-0.4, -0.2) is 19.3 Å². The molecule has 1 amide bonds. The van der Waals surface area contributed by atoms with Crippen molar-refractivity contribution >= 4 is 32.3 Å². The minimum atomic E-state index is -4.51. The van der Waals surface area contributed by atoms with E-state index >= 15 is 0 Å². The Hall–Kier alpha value is -3.72. The Morgan fingerprint density at radius 2 is 1.58 bits per heavy atom. The van der Waals surface area contributed by atoms with Gasteiger partial charge in [-0.3, -0.25) is 9.78 Å². The van der Waals surface area contributed by atoms with Crippen molar-refractivity contribution in [1.82, 2.24) is 4.98 Å². The van der Waals surface area contributed by atoms with Gasteiger partial charge in [0.25, 0.3) is 5.91 Å². The molecule has 3 aromatic carbocycles. The van der Waals surface area contributed by atoms with Crippen molar-refractivity contribution in [2.24, 2.45) is 0 Å². The third-order valence-corrected chi connectivity index (χ3v) is 6.90. The highest BCUT2D eigenvalue weighted by molar-refractivity contribution is 7.91. The van der Waals surface area contributed by atoms with Crippen molar-refractivity contribution in [2.45, 2.75) is 22.9 Å². The number of aryl methyl sites for hydroxylation is 1. The minimum absolute atomic E-state index is 0.0171. The number of benzene rings is 3. The lowest BCUT2D eigenvalue weighted by Crippen LogP contribution is -2.14. The smallest absolute Gasteiger partial charge is 0.320 e. The van der Waals surface area contributed by atoms with Gasteiger partial charge in [0, 0.05) is 17.1 Å². The molecule has 0 spiro atoms. The zero-order valence-corrected chi connectivity index (χ0v) is 18.0. The van der Waals surface area contributed by atoms with Gasteiger partial charge >= 0.3 is 6.18 Å². The van der Waals surface area contributed by atoms with Crippen LogP contribution in [0.5, 0.6) is 0 Å². The van der Waals surface area contributed by atoms with Crippen LogP contribution >= 0.6 is 0 Å². The summed E-state index contributed by atoms with van der Waals surface area (Å²) in [5, 5.41) is 2.92. The van der Waals surface area contributed by atoms with Crippen LogP contribution in [-0.2, 0) is 16.0 Å². The largest absolute Gasteiger partial charge is 0.416 e. The second-order valence-corrected chi connectivity index (χ2v) is 9.27. The minimum Gasteiger partial charge on any atom is -0.320 e. The van der Waals surface area contributed by atoms with Crippen LogP contribution in [0.2, 0.25) is 0 Å². The number of aromatic nitrogens is 1. The first-order valence-corrected chi connectivity index (χ1v) is 11.2. The summed E-state index contributed by atoms with van der Waals surface area (Å²) in [5.74, 6) is -0.648. The second-order valence-electron chi connectivity index (χ2n) is 7.36. The molecule has 0 bridgehead atoms. The van der Waals surface area contributed by atoms with E-state index in [1.54, 1.807) is 24.3 Å². The summed E-state index contributed by atoms with van der Waals surface area (Å²) in [6.07, 6.45) is -3.05. The monoisotopic (exact) mass is 470 g/mol. The number of nitrogens with one attached hydrogen (secondary N) is 1. The van der Waals surface area contributed by atoms with Gasteiger partial charge in [0.05, 0.1) is 26.6 Å². The summed E-state index contributed by atoms with van der Waals surface area (Å²) in [4.78, 5) is 17.0. The molecule has 0 saturated heterocycles. The number of halogens is 3. The predicted octanol–water partition coefficient (Wildman–Crippen LogP) is 5.65. The second kappa shape index (κ2) is 8.32. The summed E-state index contributed by atoms with van der Waals surface area (Å²) in [5.41, 5.74) is 0.548. The summed E-state index contributed by atoms with van der Waals surface area (Å²) >= 11 is 0. The maximum Gasteiger partial charge on any atom is 0.416 e. The van der Waals surface area contributed by atoms with Gasteiger partial charge in [0.15, 0.2) is 0 Å². The lowest BCUT2D eigenvalue weighted by Gasteiger charge is -2.13. The average Bonchev–Trinajstić information content (AvgIpc) is 2.79. The predicted molar refractivity (Wildman–Crippen MR) is 118 cm³/mol. The molecule has 0 saturated carbocycles. The number of anilines is 1.